The molecule has 1 saturated carbocycles. The van der Waals surface area contributed by atoms with E-state index in [1.807, 2.05) is 24.3 Å². The van der Waals surface area contributed by atoms with Crippen molar-refractivity contribution >= 4 is 61.6 Å². The fraction of sp³-hybridized carbons (Fsp3) is 0.257. The summed E-state index contributed by atoms with van der Waals surface area (Å²) in [4.78, 5) is 11.6. The van der Waals surface area contributed by atoms with Crippen molar-refractivity contribution in [1.29, 1.82) is 0 Å². The molecule has 2 heterocycles. The first-order chi connectivity index (χ1) is 22.1. The molecule has 1 amide bonds. The monoisotopic (exact) mass is 692 g/mol. The first-order valence-corrected chi connectivity index (χ1v) is 17.8. The lowest BCUT2D eigenvalue weighted by Gasteiger charge is -2.32. The van der Waals surface area contributed by atoms with Crippen LogP contribution in [0.4, 0.5) is 0 Å². The van der Waals surface area contributed by atoms with Crippen molar-refractivity contribution in [1.82, 2.24) is 14.1 Å². The van der Waals surface area contributed by atoms with Gasteiger partial charge in [-0.25, -0.2) is 8.42 Å². The van der Waals surface area contributed by atoms with E-state index >= 15 is 0 Å². The van der Waals surface area contributed by atoms with Gasteiger partial charge in [0.1, 0.15) is 0 Å². The van der Waals surface area contributed by atoms with Crippen LogP contribution in [0.25, 0.3) is 10.9 Å². The van der Waals surface area contributed by atoms with Gasteiger partial charge in [0.15, 0.2) is 0 Å². The minimum atomic E-state index is -3.81. The summed E-state index contributed by atoms with van der Waals surface area (Å²) in [5.41, 5.74) is 10.9. The number of rotatable bonds is 8. The molecule has 2 aliphatic rings. The second-order valence-corrected chi connectivity index (χ2v) is 15.3. The van der Waals surface area contributed by atoms with Gasteiger partial charge in [0, 0.05) is 46.1 Å². The van der Waals surface area contributed by atoms with Crippen molar-refractivity contribution in [3.8, 4) is 0 Å². The zero-order valence-electron chi connectivity index (χ0n) is 24.7. The van der Waals surface area contributed by atoms with E-state index in [9.17, 15) is 13.2 Å². The van der Waals surface area contributed by atoms with E-state index < -0.39 is 15.9 Å². The van der Waals surface area contributed by atoms with Gasteiger partial charge in [0.05, 0.1) is 27.0 Å². The maximum absolute atomic E-state index is 13.6. The van der Waals surface area contributed by atoms with Crippen LogP contribution in [-0.2, 0) is 10.0 Å². The molecule has 1 saturated heterocycles. The van der Waals surface area contributed by atoms with E-state index in [4.69, 9.17) is 45.6 Å². The Labute approximate surface area is 282 Å². The third-order valence-electron chi connectivity index (χ3n) is 9.08. The van der Waals surface area contributed by atoms with Crippen LogP contribution < -0.4 is 5.73 Å². The van der Waals surface area contributed by atoms with Crippen LogP contribution in [0.5, 0.6) is 0 Å². The van der Waals surface area contributed by atoms with Crippen molar-refractivity contribution < 1.29 is 13.2 Å². The Morgan fingerprint density at radius 2 is 1.37 bits per heavy atom. The predicted molar refractivity (Wildman–Crippen MR) is 183 cm³/mol. The summed E-state index contributed by atoms with van der Waals surface area (Å²) in [6.45, 7) is 0.717. The van der Waals surface area contributed by atoms with Crippen molar-refractivity contribution in [3.05, 3.63) is 128 Å². The van der Waals surface area contributed by atoms with Gasteiger partial charge in [-0.2, -0.15) is 9.40 Å². The van der Waals surface area contributed by atoms with E-state index in [1.165, 1.54) is 28.2 Å². The topological polar surface area (TPSA) is 98.3 Å². The number of piperidine rings is 1. The van der Waals surface area contributed by atoms with Gasteiger partial charge in [-0.3, -0.25) is 9.48 Å². The number of benzene rings is 4. The van der Waals surface area contributed by atoms with Gasteiger partial charge in [-0.15, -0.1) is 0 Å². The second kappa shape index (κ2) is 12.3. The van der Waals surface area contributed by atoms with Crippen molar-refractivity contribution in [2.75, 3.05) is 13.1 Å². The predicted octanol–water partition coefficient (Wildman–Crippen LogP) is 8.18. The molecule has 5 aromatic rings. The molecule has 0 radical (unpaired) electrons. The van der Waals surface area contributed by atoms with E-state index in [0.29, 0.717) is 42.0 Å². The fourth-order valence-corrected chi connectivity index (χ4v) is 8.67. The highest BCUT2D eigenvalue weighted by molar-refractivity contribution is 7.89. The molecule has 0 spiro atoms. The Morgan fingerprint density at radius 1 is 0.783 bits per heavy atom. The lowest BCUT2D eigenvalue weighted by molar-refractivity contribution is 0.100. The Kier molecular flexibility index (Phi) is 8.36. The maximum Gasteiger partial charge on any atom is 0.250 e. The van der Waals surface area contributed by atoms with E-state index in [0.717, 1.165) is 40.4 Å². The van der Waals surface area contributed by atoms with Crippen LogP contribution in [0, 0.1) is 0 Å². The molecule has 1 aliphatic heterocycles. The van der Waals surface area contributed by atoms with E-state index in [-0.39, 0.29) is 27.3 Å². The number of halogens is 3. The molecule has 2 fully saturated rings. The SMILES string of the molecule is NC(=O)c1ccc(S(=O)(=O)N2CCC(c3c4cc(C(c5ccc(Cl)cc5)c5ccc(Cl)cc5)ccc4nn3C3CC3)CC2)cc1Cl. The number of primary amides is 1. The number of amides is 1. The Bertz CT molecular complexity index is 2010. The van der Waals surface area contributed by atoms with Crippen molar-refractivity contribution in [2.45, 2.75) is 48.5 Å². The zero-order chi connectivity index (χ0) is 32.2. The molecule has 1 aromatic heterocycles. The summed E-state index contributed by atoms with van der Waals surface area (Å²) >= 11 is 18.7. The minimum Gasteiger partial charge on any atom is -0.366 e. The second-order valence-electron chi connectivity index (χ2n) is 12.1. The molecular formula is C35H31Cl3N4O3S. The van der Waals surface area contributed by atoms with Crippen LogP contribution in [0.2, 0.25) is 15.1 Å². The van der Waals surface area contributed by atoms with Crippen LogP contribution in [-0.4, -0.2) is 41.5 Å². The Balaban J connectivity index is 1.22. The molecule has 0 bridgehead atoms. The Morgan fingerprint density at radius 3 is 1.91 bits per heavy atom. The normalized spacial score (nSPS) is 16.3. The smallest absolute Gasteiger partial charge is 0.250 e. The average molecular weight is 694 g/mol. The van der Waals surface area contributed by atoms with Crippen LogP contribution in [0.3, 0.4) is 0 Å². The number of hydrogen-bond acceptors (Lipinski definition) is 4. The zero-order valence-corrected chi connectivity index (χ0v) is 27.8. The van der Waals surface area contributed by atoms with Crippen LogP contribution in [0.15, 0.2) is 89.8 Å². The minimum absolute atomic E-state index is 0.0228. The molecule has 1 aliphatic carbocycles. The number of fused-ring (bicyclic) bond motifs is 1. The standard InChI is InChI=1S/C35H31Cl3N4O3S/c36-25-6-1-21(2-7-25)33(22-3-8-26(37)9-4-22)24-5-14-32-30(19-24)34(42(40-32)27-10-11-27)23-15-17-41(18-16-23)46(44,45)28-12-13-29(35(39)43)31(38)20-28/h1-9,12-14,19-20,23,27,33H,10-11,15-18H2,(H2,39,43). The average Bonchev–Trinajstić information content (AvgIpc) is 3.83. The molecule has 46 heavy (non-hydrogen) atoms. The number of carbonyl (C=O) groups is 1. The highest BCUT2D eigenvalue weighted by Crippen LogP contribution is 2.44. The van der Waals surface area contributed by atoms with Gasteiger partial charge in [0.25, 0.3) is 0 Å². The fourth-order valence-electron chi connectivity index (χ4n) is 6.59. The van der Waals surface area contributed by atoms with Gasteiger partial charge >= 0.3 is 0 Å². The largest absolute Gasteiger partial charge is 0.366 e. The lowest BCUT2D eigenvalue weighted by atomic mass is 9.84. The number of hydrogen-bond donors (Lipinski definition) is 1. The lowest BCUT2D eigenvalue weighted by Crippen LogP contribution is -2.38. The summed E-state index contributed by atoms with van der Waals surface area (Å²) in [5, 5.41) is 7.55. The number of sulfonamides is 1. The third-order valence-corrected chi connectivity index (χ3v) is 11.8. The molecule has 7 rings (SSSR count). The quantitative estimate of drug-likeness (QED) is 0.166. The summed E-state index contributed by atoms with van der Waals surface area (Å²) < 4.78 is 30.8. The highest BCUT2D eigenvalue weighted by atomic mass is 35.5. The van der Waals surface area contributed by atoms with Crippen LogP contribution in [0.1, 0.15) is 76.3 Å². The summed E-state index contributed by atoms with van der Waals surface area (Å²) in [7, 11) is -3.81. The Hall–Kier alpha value is -3.40. The molecule has 4 aromatic carbocycles. The molecule has 11 heteroatoms. The number of carbonyl (C=O) groups excluding carboxylic acids is 1. The number of nitrogens with zero attached hydrogens (tertiary/aromatic N) is 3. The van der Waals surface area contributed by atoms with E-state index in [2.05, 4.69) is 47.1 Å². The number of nitrogens with two attached hydrogens (primary N) is 1. The van der Waals surface area contributed by atoms with E-state index in [1.54, 1.807) is 0 Å². The summed E-state index contributed by atoms with van der Waals surface area (Å²) in [6.07, 6.45) is 3.48. The molecule has 7 nitrogen and oxygen atoms in total. The summed E-state index contributed by atoms with van der Waals surface area (Å²) in [5.74, 6) is -0.612. The van der Waals surface area contributed by atoms with Gasteiger partial charge in [-0.1, -0.05) is 65.1 Å². The first kappa shape index (κ1) is 31.2. The molecule has 0 atom stereocenters. The van der Waals surface area contributed by atoms with Gasteiger partial charge in [-0.05, 0) is 97.0 Å². The highest BCUT2D eigenvalue weighted by Gasteiger charge is 2.36. The van der Waals surface area contributed by atoms with Crippen molar-refractivity contribution in [3.63, 3.8) is 0 Å². The molecule has 0 unspecified atom stereocenters. The molecule has 2 N–H and O–H groups in total. The number of aromatic nitrogens is 2. The molecule has 236 valence electrons. The van der Waals surface area contributed by atoms with Crippen LogP contribution >= 0.6 is 34.8 Å². The van der Waals surface area contributed by atoms with Gasteiger partial charge < -0.3 is 5.73 Å². The van der Waals surface area contributed by atoms with Gasteiger partial charge in [0.2, 0.25) is 15.9 Å². The third kappa shape index (κ3) is 5.93. The van der Waals surface area contributed by atoms with Crippen molar-refractivity contribution in [2.24, 2.45) is 5.73 Å². The first-order valence-electron chi connectivity index (χ1n) is 15.2. The molecular weight excluding hydrogens is 663 g/mol. The summed E-state index contributed by atoms with van der Waals surface area (Å²) in [6, 6.07) is 26.8. The maximum atomic E-state index is 13.6.